The van der Waals surface area contributed by atoms with Gasteiger partial charge in [0.2, 0.25) is 0 Å². The molecule has 0 amide bonds. The largest absolute Gasteiger partial charge is 0.489 e. The van der Waals surface area contributed by atoms with E-state index >= 15 is 0 Å². The molecule has 0 aliphatic carbocycles. The lowest BCUT2D eigenvalue weighted by Crippen LogP contribution is -2.01. The molecule has 5 heteroatoms. The van der Waals surface area contributed by atoms with E-state index in [4.69, 9.17) is 9.29 Å². The predicted octanol–water partition coefficient (Wildman–Crippen LogP) is 2.82. The normalized spacial score (nSPS) is 11.3. The monoisotopic (exact) mass is 278 g/mol. The average molecular weight is 278 g/mol. The molecule has 0 saturated heterocycles. The standard InChI is InChI=1S/C14H14O4S/c1-11-9-13(19(15,16)17)7-8-14(11)18-10-12-5-3-2-4-6-12/h2-9H,10H2,1H3,(H,15,16,17). The summed E-state index contributed by atoms with van der Waals surface area (Å²) in [6, 6.07) is 13.9. The Morgan fingerprint density at radius 3 is 2.37 bits per heavy atom. The lowest BCUT2D eigenvalue weighted by Gasteiger charge is -2.10. The molecule has 0 bridgehead atoms. The maximum atomic E-state index is 11.0. The summed E-state index contributed by atoms with van der Waals surface area (Å²) in [6.45, 7) is 2.14. The summed E-state index contributed by atoms with van der Waals surface area (Å²) in [7, 11) is -4.16. The lowest BCUT2D eigenvalue weighted by atomic mass is 10.2. The summed E-state index contributed by atoms with van der Waals surface area (Å²) >= 11 is 0. The molecule has 0 atom stereocenters. The van der Waals surface area contributed by atoms with Gasteiger partial charge in [-0.1, -0.05) is 30.3 Å². The molecule has 0 aromatic heterocycles. The molecule has 19 heavy (non-hydrogen) atoms. The van der Waals surface area contributed by atoms with Crippen LogP contribution in [-0.2, 0) is 16.7 Å². The fourth-order valence-electron chi connectivity index (χ4n) is 1.68. The highest BCUT2D eigenvalue weighted by Crippen LogP contribution is 2.22. The number of ether oxygens (including phenoxy) is 1. The number of hydrogen-bond donors (Lipinski definition) is 1. The van der Waals surface area contributed by atoms with Gasteiger partial charge in [0, 0.05) is 0 Å². The third-order valence-corrected chi connectivity index (χ3v) is 3.53. The Labute approximate surface area is 112 Å². The Bertz CT molecular complexity index is 663. The van der Waals surface area contributed by atoms with Gasteiger partial charge in [0.15, 0.2) is 0 Å². The molecule has 0 aliphatic rings. The minimum Gasteiger partial charge on any atom is -0.489 e. The Morgan fingerprint density at radius 2 is 1.79 bits per heavy atom. The maximum absolute atomic E-state index is 11.0. The van der Waals surface area contributed by atoms with Gasteiger partial charge in [-0.15, -0.1) is 0 Å². The topological polar surface area (TPSA) is 63.6 Å². The van der Waals surface area contributed by atoms with Crippen molar-refractivity contribution in [1.82, 2.24) is 0 Å². The summed E-state index contributed by atoms with van der Waals surface area (Å²) in [4.78, 5) is -0.128. The van der Waals surface area contributed by atoms with Gasteiger partial charge in [-0.05, 0) is 36.2 Å². The van der Waals surface area contributed by atoms with Crippen LogP contribution in [0, 0.1) is 6.92 Å². The van der Waals surface area contributed by atoms with Crippen LogP contribution in [0.2, 0.25) is 0 Å². The van der Waals surface area contributed by atoms with Crippen LogP contribution in [-0.4, -0.2) is 13.0 Å². The van der Waals surface area contributed by atoms with Crippen LogP contribution in [0.5, 0.6) is 5.75 Å². The predicted molar refractivity (Wildman–Crippen MR) is 71.8 cm³/mol. The quantitative estimate of drug-likeness (QED) is 0.873. The van der Waals surface area contributed by atoms with Crippen molar-refractivity contribution >= 4 is 10.1 Å². The van der Waals surface area contributed by atoms with Crippen LogP contribution in [0.25, 0.3) is 0 Å². The summed E-state index contributed by atoms with van der Waals surface area (Å²) < 4.78 is 36.5. The summed E-state index contributed by atoms with van der Waals surface area (Å²) in [5.41, 5.74) is 1.69. The lowest BCUT2D eigenvalue weighted by molar-refractivity contribution is 0.304. The first-order valence-electron chi connectivity index (χ1n) is 5.72. The number of hydrogen-bond acceptors (Lipinski definition) is 3. The molecular weight excluding hydrogens is 264 g/mol. The first-order chi connectivity index (χ1) is 8.97. The van der Waals surface area contributed by atoms with Crippen molar-refractivity contribution in [3.63, 3.8) is 0 Å². The zero-order valence-electron chi connectivity index (χ0n) is 10.4. The molecule has 0 heterocycles. The number of benzene rings is 2. The van der Waals surface area contributed by atoms with Crippen LogP contribution in [0.15, 0.2) is 53.4 Å². The van der Waals surface area contributed by atoms with E-state index in [1.54, 1.807) is 13.0 Å². The van der Waals surface area contributed by atoms with Gasteiger partial charge in [-0.3, -0.25) is 4.55 Å². The van der Waals surface area contributed by atoms with Crippen LogP contribution in [0.4, 0.5) is 0 Å². The molecule has 0 fully saturated rings. The van der Waals surface area contributed by atoms with E-state index in [0.717, 1.165) is 5.56 Å². The first kappa shape index (κ1) is 13.6. The third-order valence-electron chi connectivity index (χ3n) is 2.68. The molecule has 0 saturated carbocycles. The molecule has 2 rings (SSSR count). The summed E-state index contributed by atoms with van der Waals surface area (Å²) in [5.74, 6) is 0.594. The van der Waals surface area contributed by atoms with Gasteiger partial charge < -0.3 is 4.74 Å². The highest BCUT2D eigenvalue weighted by atomic mass is 32.2. The molecule has 0 unspecified atom stereocenters. The Kier molecular flexibility index (Phi) is 3.87. The van der Waals surface area contributed by atoms with E-state index in [2.05, 4.69) is 0 Å². The highest BCUT2D eigenvalue weighted by Gasteiger charge is 2.11. The SMILES string of the molecule is Cc1cc(S(=O)(=O)O)ccc1OCc1ccccc1. The van der Waals surface area contributed by atoms with E-state index < -0.39 is 10.1 Å². The average Bonchev–Trinajstić information content (AvgIpc) is 2.37. The van der Waals surface area contributed by atoms with Crippen LogP contribution >= 0.6 is 0 Å². The van der Waals surface area contributed by atoms with Gasteiger partial charge in [-0.25, -0.2) is 0 Å². The molecule has 2 aromatic carbocycles. The van der Waals surface area contributed by atoms with Crippen molar-refractivity contribution in [2.75, 3.05) is 0 Å². The smallest absolute Gasteiger partial charge is 0.294 e. The van der Waals surface area contributed by atoms with E-state index in [1.165, 1.54) is 12.1 Å². The van der Waals surface area contributed by atoms with Gasteiger partial charge in [0.25, 0.3) is 10.1 Å². The van der Waals surface area contributed by atoms with Crippen LogP contribution in [0.3, 0.4) is 0 Å². The van der Waals surface area contributed by atoms with Crippen molar-refractivity contribution in [3.05, 3.63) is 59.7 Å². The Balaban J connectivity index is 2.14. The highest BCUT2D eigenvalue weighted by molar-refractivity contribution is 7.85. The van der Waals surface area contributed by atoms with Crippen molar-refractivity contribution in [1.29, 1.82) is 0 Å². The molecule has 1 N–H and O–H groups in total. The second-order valence-electron chi connectivity index (χ2n) is 4.18. The number of rotatable bonds is 4. The fraction of sp³-hybridized carbons (Fsp3) is 0.143. The molecule has 0 radical (unpaired) electrons. The van der Waals surface area contributed by atoms with E-state index in [0.29, 0.717) is 17.9 Å². The third kappa shape index (κ3) is 3.56. The molecule has 2 aromatic rings. The summed E-state index contributed by atoms with van der Waals surface area (Å²) in [6.07, 6.45) is 0. The molecule has 4 nitrogen and oxygen atoms in total. The minimum atomic E-state index is -4.16. The minimum absolute atomic E-state index is 0.128. The van der Waals surface area contributed by atoms with Gasteiger partial charge >= 0.3 is 0 Å². The van der Waals surface area contributed by atoms with Crippen molar-refractivity contribution in [2.45, 2.75) is 18.4 Å². The first-order valence-corrected chi connectivity index (χ1v) is 7.16. The molecule has 100 valence electrons. The van der Waals surface area contributed by atoms with Gasteiger partial charge in [0.1, 0.15) is 12.4 Å². The molecule has 0 aliphatic heterocycles. The van der Waals surface area contributed by atoms with Gasteiger partial charge in [-0.2, -0.15) is 8.42 Å². The zero-order chi connectivity index (χ0) is 13.9. The summed E-state index contributed by atoms with van der Waals surface area (Å²) in [5, 5.41) is 0. The van der Waals surface area contributed by atoms with Crippen LogP contribution in [0.1, 0.15) is 11.1 Å². The zero-order valence-corrected chi connectivity index (χ0v) is 11.2. The van der Waals surface area contributed by atoms with Crippen molar-refractivity contribution < 1.29 is 17.7 Å². The molecule has 0 spiro atoms. The van der Waals surface area contributed by atoms with E-state index in [-0.39, 0.29) is 4.90 Å². The van der Waals surface area contributed by atoms with E-state index in [9.17, 15) is 8.42 Å². The number of aryl methyl sites for hydroxylation is 1. The van der Waals surface area contributed by atoms with E-state index in [1.807, 2.05) is 30.3 Å². The van der Waals surface area contributed by atoms with Crippen molar-refractivity contribution in [2.24, 2.45) is 0 Å². The Hall–Kier alpha value is -1.85. The second kappa shape index (κ2) is 5.42. The maximum Gasteiger partial charge on any atom is 0.294 e. The van der Waals surface area contributed by atoms with Crippen molar-refractivity contribution in [3.8, 4) is 5.75 Å². The Morgan fingerprint density at radius 1 is 1.11 bits per heavy atom. The van der Waals surface area contributed by atoms with Crippen LogP contribution < -0.4 is 4.74 Å². The van der Waals surface area contributed by atoms with Gasteiger partial charge in [0.05, 0.1) is 4.90 Å². The fourth-order valence-corrected chi connectivity index (χ4v) is 2.25. The second-order valence-corrected chi connectivity index (χ2v) is 5.60. The molecular formula is C14H14O4S.